The Morgan fingerprint density at radius 2 is 1.83 bits per heavy atom. The molecule has 1 aliphatic carbocycles. The zero-order valence-electron chi connectivity index (χ0n) is 13.7. The zero-order valence-corrected chi connectivity index (χ0v) is 15.3. The van der Waals surface area contributed by atoms with Crippen molar-refractivity contribution in [1.82, 2.24) is 4.72 Å². The van der Waals surface area contributed by atoms with Crippen molar-refractivity contribution in [3.8, 4) is 11.5 Å². The topological polar surface area (TPSA) is 64.6 Å². The van der Waals surface area contributed by atoms with E-state index in [1.54, 1.807) is 6.07 Å². The minimum Gasteiger partial charge on any atom is -0.493 e. The van der Waals surface area contributed by atoms with Crippen LogP contribution >= 0.6 is 11.8 Å². The average molecular weight is 360 g/mol. The van der Waals surface area contributed by atoms with Crippen LogP contribution in [0.2, 0.25) is 0 Å². The molecule has 1 aromatic carbocycles. The molecule has 1 aliphatic rings. The first-order valence-corrected chi connectivity index (χ1v) is 10.4. The van der Waals surface area contributed by atoms with Crippen LogP contribution in [0.3, 0.4) is 0 Å². The first-order valence-electron chi connectivity index (χ1n) is 7.90. The van der Waals surface area contributed by atoms with Crippen molar-refractivity contribution >= 4 is 21.8 Å². The molecule has 0 atom stereocenters. The molecule has 0 saturated heterocycles. The summed E-state index contributed by atoms with van der Waals surface area (Å²) in [5, 5.41) is 0.689. The molecule has 23 heavy (non-hydrogen) atoms. The highest BCUT2D eigenvalue weighted by Gasteiger charge is 2.17. The van der Waals surface area contributed by atoms with Crippen molar-refractivity contribution in [3.05, 3.63) is 18.2 Å². The fourth-order valence-corrected chi connectivity index (χ4v) is 5.10. The second-order valence-corrected chi connectivity index (χ2v) is 8.72. The number of rotatable bonds is 8. The van der Waals surface area contributed by atoms with E-state index in [2.05, 4.69) is 4.72 Å². The van der Waals surface area contributed by atoms with Gasteiger partial charge < -0.3 is 9.47 Å². The summed E-state index contributed by atoms with van der Waals surface area (Å²) < 4.78 is 37.6. The van der Waals surface area contributed by atoms with Crippen molar-refractivity contribution in [2.24, 2.45) is 0 Å². The van der Waals surface area contributed by atoms with Gasteiger partial charge in [0.2, 0.25) is 10.0 Å². The molecular weight excluding hydrogens is 334 g/mol. The highest BCUT2D eigenvalue weighted by molar-refractivity contribution is 8.00. The summed E-state index contributed by atoms with van der Waals surface area (Å²) in [7, 11) is -0.511. The van der Waals surface area contributed by atoms with Crippen LogP contribution in [0.1, 0.15) is 32.1 Å². The minimum atomic E-state index is -3.52. The van der Waals surface area contributed by atoms with Crippen LogP contribution in [0.4, 0.5) is 0 Å². The SMILES string of the molecule is COc1ccc(S(=O)(=O)NCCSC2CCCCC2)cc1OC. The number of ether oxygens (including phenoxy) is 2. The summed E-state index contributed by atoms with van der Waals surface area (Å²) >= 11 is 1.88. The van der Waals surface area contributed by atoms with Crippen LogP contribution in [0.5, 0.6) is 11.5 Å². The fourth-order valence-electron chi connectivity index (χ4n) is 2.70. The Morgan fingerprint density at radius 1 is 1.13 bits per heavy atom. The van der Waals surface area contributed by atoms with Gasteiger partial charge in [0, 0.05) is 23.6 Å². The predicted octanol–water partition coefficient (Wildman–Crippen LogP) is 3.05. The lowest BCUT2D eigenvalue weighted by Crippen LogP contribution is -2.26. The van der Waals surface area contributed by atoms with E-state index < -0.39 is 10.0 Å². The molecule has 0 radical (unpaired) electrons. The van der Waals surface area contributed by atoms with Crippen LogP contribution < -0.4 is 14.2 Å². The summed E-state index contributed by atoms with van der Waals surface area (Å²) in [4.78, 5) is 0.192. The lowest BCUT2D eigenvalue weighted by Gasteiger charge is -2.20. The third-order valence-electron chi connectivity index (χ3n) is 3.97. The summed E-state index contributed by atoms with van der Waals surface area (Å²) in [6.07, 6.45) is 6.45. The van der Waals surface area contributed by atoms with E-state index in [9.17, 15) is 8.42 Å². The average Bonchev–Trinajstić information content (AvgIpc) is 2.59. The van der Waals surface area contributed by atoms with E-state index in [0.29, 0.717) is 23.3 Å². The van der Waals surface area contributed by atoms with Gasteiger partial charge in [0.05, 0.1) is 19.1 Å². The second-order valence-electron chi connectivity index (χ2n) is 5.55. The molecule has 1 fully saturated rings. The van der Waals surface area contributed by atoms with Gasteiger partial charge in [-0.05, 0) is 25.0 Å². The maximum Gasteiger partial charge on any atom is 0.240 e. The number of sulfonamides is 1. The summed E-state index contributed by atoms with van der Waals surface area (Å²) in [5.74, 6) is 1.73. The van der Waals surface area contributed by atoms with Gasteiger partial charge in [-0.25, -0.2) is 13.1 Å². The van der Waals surface area contributed by atoms with Gasteiger partial charge in [0.1, 0.15) is 0 Å². The van der Waals surface area contributed by atoms with Crippen LogP contribution in [-0.4, -0.2) is 40.2 Å². The number of benzene rings is 1. The number of hydrogen-bond acceptors (Lipinski definition) is 5. The molecule has 0 bridgehead atoms. The molecule has 130 valence electrons. The van der Waals surface area contributed by atoms with E-state index in [4.69, 9.17) is 9.47 Å². The molecule has 0 aromatic heterocycles. The third kappa shape index (κ3) is 5.29. The standard InChI is InChI=1S/C16H25NO4S2/c1-20-15-9-8-14(12-16(15)21-2)23(18,19)17-10-11-22-13-6-4-3-5-7-13/h8-9,12-13,17H,3-7,10-11H2,1-2H3. The lowest BCUT2D eigenvalue weighted by atomic mass is 10.0. The van der Waals surface area contributed by atoms with E-state index in [-0.39, 0.29) is 4.90 Å². The maximum absolute atomic E-state index is 12.3. The molecule has 1 N–H and O–H groups in total. The predicted molar refractivity (Wildman–Crippen MR) is 94.1 cm³/mol. The Balaban J connectivity index is 1.88. The summed E-state index contributed by atoms with van der Waals surface area (Å²) in [6.45, 7) is 0.442. The van der Waals surface area contributed by atoms with Gasteiger partial charge in [-0.15, -0.1) is 0 Å². The van der Waals surface area contributed by atoms with Gasteiger partial charge >= 0.3 is 0 Å². The highest BCUT2D eigenvalue weighted by Crippen LogP contribution is 2.30. The molecule has 2 rings (SSSR count). The van der Waals surface area contributed by atoms with Crippen molar-refractivity contribution in [2.45, 2.75) is 42.2 Å². The van der Waals surface area contributed by atoms with Crippen LogP contribution in [0, 0.1) is 0 Å². The van der Waals surface area contributed by atoms with E-state index in [0.717, 1.165) is 5.75 Å². The Hall–Kier alpha value is -0.920. The summed E-state index contributed by atoms with van der Waals surface area (Å²) in [5.41, 5.74) is 0. The molecule has 0 heterocycles. The van der Waals surface area contributed by atoms with Gasteiger partial charge in [-0.2, -0.15) is 11.8 Å². The monoisotopic (exact) mass is 359 g/mol. The Kier molecular flexibility index (Phi) is 7.05. The van der Waals surface area contributed by atoms with Crippen LogP contribution in [-0.2, 0) is 10.0 Å². The van der Waals surface area contributed by atoms with Crippen molar-refractivity contribution in [3.63, 3.8) is 0 Å². The third-order valence-corrected chi connectivity index (χ3v) is 6.81. The lowest BCUT2D eigenvalue weighted by molar-refractivity contribution is 0.354. The Bertz CT molecular complexity index is 598. The molecular formula is C16H25NO4S2. The molecule has 5 nitrogen and oxygen atoms in total. The first kappa shape index (κ1) is 18.4. The summed E-state index contributed by atoms with van der Waals surface area (Å²) in [6, 6.07) is 4.61. The molecule has 0 aliphatic heterocycles. The van der Waals surface area contributed by atoms with E-state index in [1.807, 2.05) is 11.8 Å². The van der Waals surface area contributed by atoms with Gasteiger partial charge in [0.15, 0.2) is 11.5 Å². The zero-order chi connectivity index (χ0) is 16.7. The van der Waals surface area contributed by atoms with Gasteiger partial charge in [-0.1, -0.05) is 19.3 Å². The molecule has 1 aromatic rings. The van der Waals surface area contributed by atoms with Gasteiger partial charge in [0.25, 0.3) is 0 Å². The molecule has 7 heteroatoms. The van der Waals surface area contributed by atoms with Crippen molar-refractivity contribution in [2.75, 3.05) is 26.5 Å². The van der Waals surface area contributed by atoms with Crippen molar-refractivity contribution < 1.29 is 17.9 Å². The van der Waals surface area contributed by atoms with E-state index >= 15 is 0 Å². The fraction of sp³-hybridized carbons (Fsp3) is 0.625. The number of hydrogen-bond donors (Lipinski definition) is 1. The molecule has 0 unspecified atom stereocenters. The number of methoxy groups -OCH3 is 2. The number of nitrogens with one attached hydrogen (secondary N) is 1. The van der Waals surface area contributed by atoms with E-state index in [1.165, 1.54) is 58.5 Å². The first-order chi connectivity index (χ1) is 11.1. The van der Waals surface area contributed by atoms with Crippen LogP contribution in [0.15, 0.2) is 23.1 Å². The largest absolute Gasteiger partial charge is 0.493 e. The smallest absolute Gasteiger partial charge is 0.240 e. The molecule has 1 saturated carbocycles. The Morgan fingerprint density at radius 3 is 2.48 bits per heavy atom. The minimum absolute atomic E-state index is 0.192. The van der Waals surface area contributed by atoms with Crippen LogP contribution in [0.25, 0.3) is 0 Å². The number of thioether (sulfide) groups is 1. The normalized spacial score (nSPS) is 16.3. The molecule has 0 spiro atoms. The highest BCUT2D eigenvalue weighted by atomic mass is 32.2. The Labute approximate surface area is 143 Å². The van der Waals surface area contributed by atoms with Gasteiger partial charge in [-0.3, -0.25) is 0 Å². The second kappa shape index (κ2) is 8.80. The molecule has 0 amide bonds. The maximum atomic E-state index is 12.3. The van der Waals surface area contributed by atoms with Crippen molar-refractivity contribution in [1.29, 1.82) is 0 Å². The quantitative estimate of drug-likeness (QED) is 0.723.